The van der Waals surface area contributed by atoms with E-state index < -0.39 is 0 Å². The third-order valence-corrected chi connectivity index (χ3v) is 3.71. The van der Waals surface area contributed by atoms with Gasteiger partial charge in [0.15, 0.2) is 0 Å². The summed E-state index contributed by atoms with van der Waals surface area (Å²) in [5, 5.41) is 18.6. The Balaban J connectivity index is 1.94. The first kappa shape index (κ1) is 13.0. The first-order chi connectivity index (χ1) is 8.70. The van der Waals surface area contributed by atoms with Crippen molar-refractivity contribution in [2.75, 3.05) is 13.1 Å². The Bertz CT molecular complexity index is 431. The van der Waals surface area contributed by atoms with Crippen LogP contribution in [0, 0.1) is 17.2 Å². The van der Waals surface area contributed by atoms with E-state index in [1.807, 2.05) is 19.1 Å². The zero-order valence-electron chi connectivity index (χ0n) is 10.7. The van der Waals surface area contributed by atoms with Gasteiger partial charge in [0.25, 0.3) is 0 Å². The van der Waals surface area contributed by atoms with E-state index in [1.165, 1.54) is 0 Å². The van der Waals surface area contributed by atoms with Crippen LogP contribution in [0.1, 0.15) is 31.0 Å². The summed E-state index contributed by atoms with van der Waals surface area (Å²) in [7, 11) is 0. The van der Waals surface area contributed by atoms with E-state index in [-0.39, 0.29) is 6.10 Å². The molecule has 1 atom stereocenters. The number of pyridine rings is 1. The third-order valence-electron chi connectivity index (χ3n) is 3.71. The average Bonchev–Trinajstić information content (AvgIpc) is 2.40. The Hall–Kier alpha value is -1.44. The molecule has 1 saturated heterocycles. The van der Waals surface area contributed by atoms with Crippen LogP contribution in [0.4, 0.5) is 0 Å². The fourth-order valence-corrected chi connectivity index (χ4v) is 2.50. The van der Waals surface area contributed by atoms with Gasteiger partial charge < -0.3 is 5.11 Å². The Morgan fingerprint density at radius 3 is 2.89 bits per heavy atom. The quantitative estimate of drug-likeness (QED) is 0.877. The minimum absolute atomic E-state index is 0.208. The molecule has 0 spiro atoms. The molecule has 2 heterocycles. The van der Waals surface area contributed by atoms with Crippen molar-refractivity contribution in [3.8, 4) is 6.07 Å². The van der Waals surface area contributed by atoms with Gasteiger partial charge in [-0.05, 0) is 44.8 Å². The van der Waals surface area contributed by atoms with Crippen molar-refractivity contribution in [1.82, 2.24) is 9.88 Å². The van der Waals surface area contributed by atoms with E-state index in [4.69, 9.17) is 5.26 Å². The molecule has 0 aromatic carbocycles. The third kappa shape index (κ3) is 3.06. The van der Waals surface area contributed by atoms with Crippen molar-refractivity contribution >= 4 is 0 Å². The van der Waals surface area contributed by atoms with Gasteiger partial charge in [-0.3, -0.25) is 4.90 Å². The number of aromatic nitrogens is 1. The number of likely N-dealkylation sites (tertiary alicyclic amines) is 1. The van der Waals surface area contributed by atoms with Gasteiger partial charge in [-0.25, -0.2) is 4.98 Å². The van der Waals surface area contributed by atoms with Gasteiger partial charge >= 0.3 is 0 Å². The summed E-state index contributed by atoms with van der Waals surface area (Å²) in [6.07, 6.45) is 3.50. The molecule has 0 radical (unpaired) electrons. The molecule has 18 heavy (non-hydrogen) atoms. The zero-order valence-corrected chi connectivity index (χ0v) is 10.7. The molecule has 0 saturated carbocycles. The lowest BCUT2D eigenvalue weighted by atomic mass is 9.92. The van der Waals surface area contributed by atoms with E-state index in [0.29, 0.717) is 11.6 Å². The molecule has 96 valence electrons. The van der Waals surface area contributed by atoms with Crippen molar-refractivity contribution in [1.29, 1.82) is 5.26 Å². The monoisotopic (exact) mass is 245 g/mol. The zero-order chi connectivity index (χ0) is 13.0. The minimum atomic E-state index is -0.208. The Morgan fingerprint density at radius 1 is 1.56 bits per heavy atom. The maximum atomic E-state index is 9.56. The maximum absolute atomic E-state index is 9.56. The van der Waals surface area contributed by atoms with Crippen LogP contribution >= 0.6 is 0 Å². The molecule has 1 aliphatic heterocycles. The topological polar surface area (TPSA) is 60.1 Å². The number of aliphatic hydroxyl groups is 1. The van der Waals surface area contributed by atoms with E-state index in [0.717, 1.165) is 38.0 Å². The SMILES string of the molecule is CC(O)C1CCN(Cc2cccnc2C#N)CC1. The molecule has 1 aromatic heterocycles. The van der Waals surface area contributed by atoms with Crippen LogP contribution in [0.3, 0.4) is 0 Å². The number of aliphatic hydroxyl groups excluding tert-OH is 1. The molecule has 4 nitrogen and oxygen atoms in total. The van der Waals surface area contributed by atoms with Gasteiger partial charge in [-0.2, -0.15) is 5.26 Å². The molecule has 0 bridgehead atoms. The second-order valence-corrected chi connectivity index (χ2v) is 4.98. The number of hydrogen-bond donors (Lipinski definition) is 1. The second-order valence-electron chi connectivity index (χ2n) is 4.98. The van der Waals surface area contributed by atoms with Crippen LogP contribution in [0.5, 0.6) is 0 Å². The second kappa shape index (κ2) is 5.94. The van der Waals surface area contributed by atoms with Gasteiger partial charge in [-0.1, -0.05) is 6.07 Å². The predicted octanol–water partition coefficient (Wildman–Crippen LogP) is 1.55. The summed E-state index contributed by atoms with van der Waals surface area (Å²) in [5.74, 6) is 0.422. The number of piperidine rings is 1. The Labute approximate surface area is 108 Å². The maximum Gasteiger partial charge on any atom is 0.144 e. The molecule has 0 amide bonds. The number of hydrogen-bond acceptors (Lipinski definition) is 4. The van der Waals surface area contributed by atoms with Gasteiger partial charge in [0.1, 0.15) is 11.8 Å². The van der Waals surface area contributed by atoms with Crippen LogP contribution in [0.15, 0.2) is 18.3 Å². The predicted molar refractivity (Wildman–Crippen MR) is 68.6 cm³/mol. The standard InChI is InChI=1S/C14H19N3O/c1-11(18)12-4-7-17(8-5-12)10-13-3-2-6-16-14(13)9-15/h2-3,6,11-12,18H,4-5,7-8,10H2,1H3. The van der Waals surface area contributed by atoms with Gasteiger partial charge in [0, 0.05) is 18.3 Å². The van der Waals surface area contributed by atoms with Crippen LogP contribution in [-0.2, 0) is 6.54 Å². The van der Waals surface area contributed by atoms with Gasteiger partial charge in [0.05, 0.1) is 6.10 Å². The summed E-state index contributed by atoms with van der Waals surface area (Å²) in [6.45, 7) is 4.61. The average molecular weight is 245 g/mol. The van der Waals surface area contributed by atoms with Crippen molar-refractivity contribution in [2.24, 2.45) is 5.92 Å². The van der Waals surface area contributed by atoms with Gasteiger partial charge in [0.2, 0.25) is 0 Å². The Kier molecular flexibility index (Phi) is 4.29. The molecule has 1 N–H and O–H groups in total. The highest BCUT2D eigenvalue weighted by Gasteiger charge is 2.22. The molecule has 1 aliphatic rings. The van der Waals surface area contributed by atoms with Gasteiger partial charge in [-0.15, -0.1) is 0 Å². The molecule has 1 unspecified atom stereocenters. The molecule has 0 aliphatic carbocycles. The normalized spacial score (nSPS) is 19.4. The van der Waals surface area contributed by atoms with Crippen molar-refractivity contribution in [3.05, 3.63) is 29.6 Å². The highest BCUT2D eigenvalue weighted by Crippen LogP contribution is 2.22. The number of nitrogens with zero attached hydrogens (tertiary/aromatic N) is 3. The van der Waals surface area contributed by atoms with Crippen molar-refractivity contribution < 1.29 is 5.11 Å². The molecular formula is C14H19N3O. The smallest absolute Gasteiger partial charge is 0.144 e. The summed E-state index contributed by atoms with van der Waals surface area (Å²) in [4.78, 5) is 6.41. The minimum Gasteiger partial charge on any atom is -0.393 e. The van der Waals surface area contributed by atoms with Crippen LogP contribution in [0.2, 0.25) is 0 Å². The van der Waals surface area contributed by atoms with Crippen LogP contribution in [0.25, 0.3) is 0 Å². The summed E-state index contributed by atoms with van der Waals surface area (Å²) in [6, 6.07) is 5.97. The number of nitriles is 1. The van der Waals surface area contributed by atoms with Crippen molar-refractivity contribution in [2.45, 2.75) is 32.4 Å². The summed E-state index contributed by atoms with van der Waals surface area (Å²) in [5.41, 5.74) is 1.52. The fraction of sp³-hybridized carbons (Fsp3) is 0.571. The number of rotatable bonds is 3. The first-order valence-electron chi connectivity index (χ1n) is 6.45. The van der Waals surface area contributed by atoms with E-state index in [9.17, 15) is 5.11 Å². The van der Waals surface area contributed by atoms with Crippen LogP contribution < -0.4 is 0 Å². The first-order valence-corrected chi connectivity index (χ1v) is 6.45. The summed E-state index contributed by atoms with van der Waals surface area (Å²) >= 11 is 0. The van der Waals surface area contributed by atoms with E-state index >= 15 is 0 Å². The molecule has 1 aromatic rings. The highest BCUT2D eigenvalue weighted by atomic mass is 16.3. The Morgan fingerprint density at radius 2 is 2.28 bits per heavy atom. The van der Waals surface area contributed by atoms with E-state index in [2.05, 4.69) is 16.0 Å². The largest absolute Gasteiger partial charge is 0.393 e. The van der Waals surface area contributed by atoms with Crippen molar-refractivity contribution in [3.63, 3.8) is 0 Å². The highest BCUT2D eigenvalue weighted by molar-refractivity contribution is 5.30. The summed E-state index contributed by atoms with van der Waals surface area (Å²) < 4.78 is 0. The molecule has 1 fully saturated rings. The fourth-order valence-electron chi connectivity index (χ4n) is 2.50. The molecular weight excluding hydrogens is 226 g/mol. The van der Waals surface area contributed by atoms with E-state index in [1.54, 1.807) is 6.20 Å². The lowest BCUT2D eigenvalue weighted by molar-refractivity contribution is 0.0695. The molecule has 2 rings (SSSR count). The lowest BCUT2D eigenvalue weighted by Gasteiger charge is -2.33. The lowest BCUT2D eigenvalue weighted by Crippen LogP contribution is -2.36. The molecule has 4 heteroatoms. The van der Waals surface area contributed by atoms with Crippen LogP contribution in [-0.4, -0.2) is 34.2 Å².